The number of nitrogens with zero attached hydrogens (tertiary/aromatic N) is 2. The Labute approximate surface area is 160 Å². The highest BCUT2D eigenvalue weighted by Crippen LogP contribution is 2.34. The first-order valence-electron chi connectivity index (χ1n) is 9.11. The second-order valence-corrected chi connectivity index (χ2v) is 7.13. The minimum absolute atomic E-state index is 0.122. The molecule has 0 N–H and O–H groups in total. The van der Waals surface area contributed by atoms with E-state index >= 15 is 0 Å². The number of halogens is 2. The van der Waals surface area contributed by atoms with Crippen LogP contribution in [0.2, 0.25) is 0 Å². The number of carbonyl (C=O) groups is 3. The highest BCUT2D eigenvalue weighted by molar-refractivity contribution is 6.23. The molecule has 2 aromatic rings. The van der Waals surface area contributed by atoms with Gasteiger partial charge in [-0.15, -0.1) is 0 Å². The van der Waals surface area contributed by atoms with Crippen LogP contribution in [0.25, 0.3) is 0 Å². The third-order valence-electron chi connectivity index (χ3n) is 5.06. The molecule has 2 aromatic carbocycles. The van der Waals surface area contributed by atoms with E-state index in [1.807, 2.05) is 0 Å². The molecule has 28 heavy (non-hydrogen) atoms. The molecule has 1 saturated carbocycles. The van der Waals surface area contributed by atoms with Gasteiger partial charge < -0.3 is 4.90 Å². The molecule has 2 aliphatic rings. The van der Waals surface area contributed by atoms with Crippen molar-refractivity contribution in [3.63, 3.8) is 0 Å². The van der Waals surface area contributed by atoms with Crippen LogP contribution in [-0.4, -0.2) is 28.7 Å². The molecule has 1 heterocycles. The molecule has 1 saturated heterocycles. The first-order chi connectivity index (χ1) is 13.4. The fourth-order valence-electron chi connectivity index (χ4n) is 3.41. The first kappa shape index (κ1) is 18.3. The van der Waals surface area contributed by atoms with E-state index in [0.29, 0.717) is 5.56 Å². The standard InChI is InChI=1S/C21H18F2N2O3/c22-15-5-1-13(2-6-15)12-24(20(27)14-3-4-14)18-11-19(26)25(21(18)28)17-9-7-16(23)8-10-17/h1-2,5-10,14,18H,3-4,11-12H2. The topological polar surface area (TPSA) is 57.7 Å². The molecule has 0 aromatic heterocycles. The second-order valence-electron chi connectivity index (χ2n) is 7.13. The highest BCUT2D eigenvalue weighted by Gasteiger charge is 2.46. The Morgan fingerprint density at radius 3 is 2.11 bits per heavy atom. The van der Waals surface area contributed by atoms with Gasteiger partial charge in [0.1, 0.15) is 17.7 Å². The van der Waals surface area contributed by atoms with E-state index in [2.05, 4.69) is 0 Å². The van der Waals surface area contributed by atoms with Gasteiger partial charge in [0.05, 0.1) is 12.1 Å². The molecule has 1 aliphatic carbocycles. The van der Waals surface area contributed by atoms with Crippen molar-refractivity contribution in [1.82, 2.24) is 4.90 Å². The van der Waals surface area contributed by atoms with Crippen LogP contribution < -0.4 is 4.90 Å². The Morgan fingerprint density at radius 1 is 0.964 bits per heavy atom. The van der Waals surface area contributed by atoms with E-state index < -0.39 is 29.5 Å². The number of hydrogen-bond acceptors (Lipinski definition) is 3. The monoisotopic (exact) mass is 384 g/mol. The van der Waals surface area contributed by atoms with Crippen LogP contribution in [-0.2, 0) is 20.9 Å². The van der Waals surface area contributed by atoms with Gasteiger partial charge in [-0.3, -0.25) is 14.4 Å². The quantitative estimate of drug-likeness (QED) is 0.745. The van der Waals surface area contributed by atoms with Gasteiger partial charge in [0.2, 0.25) is 11.8 Å². The van der Waals surface area contributed by atoms with Crippen LogP contribution in [0.1, 0.15) is 24.8 Å². The minimum atomic E-state index is -0.921. The summed E-state index contributed by atoms with van der Waals surface area (Å²) in [6, 6.07) is 9.85. The number of rotatable bonds is 5. The van der Waals surface area contributed by atoms with Gasteiger partial charge in [-0.2, -0.15) is 0 Å². The predicted octanol–water partition coefficient (Wildman–Crippen LogP) is 3.04. The third kappa shape index (κ3) is 3.52. The summed E-state index contributed by atoms with van der Waals surface area (Å²) in [5.74, 6) is -2.11. The van der Waals surface area contributed by atoms with Crippen LogP contribution in [0.3, 0.4) is 0 Å². The summed E-state index contributed by atoms with van der Waals surface area (Å²) in [6.45, 7) is 0.122. The number of hydrogen-bond donors (Lipinski definition) is 0. The number of amides is 3. The summed E-state index contributed by atoms with van der Waals surface area (Å²) >= 11 is 0. The van der Waals surface area contributed by atoms with Crippen LogP contribution in [0.15, 0.2) is 48.5 Å². The highest BCUT2D eigenvalue weighted by atomic mass is 19.1. The molecule has 0 radical (unpaired) electrons. The van der Waals surface area contributed by atoms with Crippen LogP contribution in [0.4, 0.5) is 14.5 Å². The van der Waals surface area contributed by atoms with Crippen molar-refractivity contribution in [2.75, 3.05) is 4.90 Å². The Bertz CT molecular complexity index is 924. The van der Waals surface area contributed by atoms with Crippen molar-refractivity contribution in [3.8, 4) is 0 Å². The maximum Gasteiger partial charge on any atom is 0.257 e. The smallest absolute Gasteiger partial charge is 0.257 e. The summed E-state index contributed by atoms with van der Waals surface area (Å²) in [6.07, 6.45) is 1.39. The largest absolute Gasteiger partial charge is 0.326 e. The lowest BCUT2D eigenvalue weighted by Gasteiger charge is -2.28. The minimum Gasteiger partial charge on any atom is -0.326 e. The zero-order valence-corrected chi connectivity index (χ0v) is 15.0. The van der Waals surface area contributed by atoms with E-state index in [1.54, 1.807) is 12.1 Å². The Kier molecular flexibility index (Phi) is 4.66. The van der Waals surface area contributed by atoms with Gasteiger partial charge in [-0.25, -0.2) is 13.7 Å². The van der Waals surface area contributed by atoms with Crippen molar-refractivity contribution < 1.29 is 23.2 Å². The van der Waals surface area contributed by atoms with Crippen molar-refractivity contribution in [2.24, 2.45) is 5.92 Å². The van der Waals surface area contributed by atoms with Gasteiger partial charge in [0, 0.05) is 12.5 Å². The summed E-state index contributed by atoms with van der Waals surface area (Å²) in [4.78, 5) is 40.8. The maximum atomic E-state index is 13.2. The predicted molar refractivity (Wildman–Crippen MR) is 97.0 cm³/mol. The molecule has 144 valence electrons. The van der Waals surface area contributed by atoms with Gasteiger partial charge in [-0.05, 0) is 54.8 Å². The lowest BCUT2D eigenvalue weighted by atomic mass is 10.1. The molecule has 4 rings (SSSR count). The summed E-state index contributed by atoms with van der Waals surface area (Å²) in [5.41, 5.74) is 0.954. The lowest BCUT2D eigenvalue weighted by molar-refractivity contribution is -0.140. The second kappa shape index (κ2) is 7.14. The van der Waals surface area contributed by atoms with E-state index in [1.165, 1.54) is 41.3 Å². The van der Waals surface area contributed by atoms with Gasteiger partial charge in [0.25, 0.3) is 5.91 Å². The third-order valence-corrected chi connectivity index (χ3v) is 5.06. The van der Waals surface area contributed by atoms with E-state index in [-0.39, 0.29) is 30.5 Å². The fraction of sp³-hybridized carbons (Fsp3) is 0.286. The molecular weight excluding hydrogens is 366 g/mol. The van der Waals surface area contributed by atoms with Crippen molar-refractivity contribution in [1.29, 1.82) is 0 Å². The lowest BCUT2D eigenvalue weighted by Crippen LogP contribution is -2.45. The average molecular weight is 384 g/mol. The zero-order valence-electron chi connectivity index (χ0n) is 15.0. The van der Waals surface area contributed by atoms with Gasteiger partial charge in [0.15, 0.2) is 0 Å². The summed E-state index contributed by atoms with van der Waals surface area (Å²) in [7, 11) is 0. The molecule has 7 heteroatoms. The molecule has 0 bridgehead atoms. The zero-order chi connectivity index (χ0) is 19.8. The van der Waals surface area contributed by atoms with Crippen LogP contribution in [0, 0.1) is 17.6 Å². The van der Waals surface area contributed by atoms with Gasteiger partial charge in [-0.1, -0.05) is 12.1 Å². The van der Waals surface area contributed by atoms with Crippen LogP contribution >= 0.6 is 0 Å². The fourth-order valence-corrected chi connectivity index (χ4v) is 3.41. The molecule has 5 nitrogen and oxygen atoms in total. The molecular formula is C21H18F2N2O3. The average Bonchev–Trinajstić information content (AvgIpc) is 3.48. The molecule has 0 spiro atoms. The van der Waals surface area contributed by atoms with Crippen molar-refractivity contribution >= 4 is 23.4 Å². The number of carbonyl (C=O) groups excluding carboxylic acids is 3. The van der Waals surface area contributed by atoms with E-state index in [0.717, 1.165) is 17.7 Å². The summed E-state index contributed by atoms with van der Waals surface area (Å²) in [5, 5.41) is 0. The normalized spacial score (nSPS) is 19.2. The number of anilines is 1. The number of imide groups is 1. The SMILES string of the molecule is O=C1CC(N(Cc2ccc(F)cc2)C(=O)C2CC2)C(=O)N1c1ccc(F)cc1. The first-order valence-corrected chi connectivity index (χ1v) is 9.11. The van der Waals surface area contributed by atoms with Crippen molar-refractivity contribution in [3.05, 3.63) is 65.7 Å². The van der Waals surface area contributed by atoms with Crippen LogP contribution in [0.5, 0.6) is 0 Å². The molecule has 1 atom stereocenters. The molecule has 1 aliphatic heterocycles. The molecule has 2 fully saturated rings. The Hall–Kier alpha value is -3.09. The molecule has 3 amide bonds. The van der Waals surface area contributed by atoms with E-state index in [9.17, 15) is 23.2 Å². The summed E-state index contributed by atoms with van der Waals surface area (Å²) < 4.78 is 26.4. The Balaban J connectivity index is 1.61. The van der Waals surface area contributed by atoms with Gasteiger partial charge >= 0.3 is 0 Å². The van der Waals surface area contributed by atoms with Crippen molar-refractivity contribution in [2.45, 2.75) is 31.8 Å². The maximum absolute atomic E-state index is 13.2. The molecule has 1 unspecified atom stereocenters. The van der Waals surface area contributed by atoms with E-state index in [4.69, 9.17) is 0 Å². The number of benzene rings is 2. The Morgan fingerprint density at radius 2 is 1.54 bits per heavy atom.